The third-order valence-electron chi connectivity index (χ3n) is 3.99. The zero-order valence-corrected chi connectivity index (χ0v) is 12.0. The van der Waals surface area contributed by atoms with Crippen LogP contribution in [-0.4, -0.2) is 23.9 Å². The largest absolute Gasteiger partial charge is 0.357 e. The summed E-state index contributed by atoms with van der Waals surface area (Å²) in [5.41, 5.74) is 0.693. The van der Waals surface area contributed by atoms with Crippen molar-refractivity contribution in [1.82, 2.24) is 4.57 Å². The monoisotopic (exact) mass is 273 g/mol. The molecule has 5 nitrogen and oxygen atoms in total. The van der Waals surface area contributed by atoms with Gasteiger partial charge in [0.25, 0.3) is 5.56 Å². The van der Waals surface area contributed by atoms with Crippen LogP contribution in [0.2, 0.25) is 0 Å². The van der Waals surface area contributed by atoms with Crippen LogP contribution in [0.15, 0.2) is 4.79 Å². The number of hydrogen-bond acceptors (Lipinski definition) is 4. The minimum absolute atomic E-state index is 0.0631. The highest BCUT2D eigenvalue weighted by atomic mass is 16.1. The number of rotatable bonds is 2. The van der Waals surface area contributed by atoms with Crippen molar-refractivity contribution in [2.24, 2.45) is 7.05 Å². The van der Waals surface area contributed by atoms with Gasteiger partial charge in [0.15, 0.2) is 6.29 Å². The smallest absolute Gasteiger partial charge is 0.270 e. The van der Waals surface area contributed by atoms with Crippen molar-refractivity contribution in [3.05, 3.63) is 27.0 Å². The van der Waals surface area contributed by atoms with Crippen LogP contribution in [0.4, 0.5) is 5.82 Å². The molecule has 20 heavy (non-hydrogen) atoms. The molecule has 2 heterocycles. The topological polar surface area (TPSA) is 66.1 Å². The lowest BCUT2D eigenvalue weighted by molar-refractivity contribution is 0.112. The van der Waals surface area contributed by atoms with Crippen LogP contribution in [0, 0.1) is 18.3 Å². The number of nitriles is 1. The number of aldehydes is 1. The van der Waals surface area contributed by atoms with Gasteiger partial charge in [-0.2, -0.15) is 5.26 Å². The zero-order chi connectivity index (χ0) is 14.7. The maximum Gasteiger partial charge on any atom is 0.270 e. The van der Waals surface area contributed by atoms with Crippen LogP contribution in [0.3, 0.4) is 0 Å². The van der Waals surface area contributed by atoms with Gasteiger partial charge in [0.05, 0.1) is 5.56 Å². The van der Waals surface area contributed by atoms with Gasteiger partial charge in [-0.05, 0) is 25.3 Å². The van der Waals surface area contributed by atoms with E-state index in [2.05, 4.69) is 4.90 Å². The van der Waals surface area contributed by atoms with Crippen molar-refractivity contribution >= 4 is 12.1 Å². The summed E-state index contributed by atoms with van der Waals surface area (Å²) in [6.45, 7) is 3.37. The molecule has 0 amide bonds. The summed E-state index contributed by atoms with van der Waals surface area (Å²) >= 11 is 0. The molecule has 106 valence electrons. The molecule has 0 radical (unpaired) electrons. The van der Waals surface area contributed by atoms with E-state index < -0.39 is 0 Å². The summed E-state index contributed by atoms with van der Waals surface area (Å²) in [6, 6.07) is 1.91. The quantitative estimate of drug-likeness (QED) is 0.770. The Morgan fingerprint density at radius 2 is 1.80 bits per heavy atom. The van der Waals surface area contributed by atoms with Crippen molar-refractivity contribution in [2.45, 2.75) is 32.6 Å². The molecule has 1 aliphatic rings. The molecule has 0 aliphatic carbocycles. The molecule has 0 N–H and O–H groups in total. The molecule has 1 saturated heterocycles. The fraction of sp³-hybridized carbons (Fsp3) is 0.533. The number of pyridine rings is 1. The highest BCUT2D eigenvalue weighted by Crippen LogP contribution is 2.24. The minimum Gasteiger partial charge on any atom is -0.357 e. The lowest BCUT2D eigenvalue weighted by Crippen LogP contribution is -2.34. The Bertz CT molecular complexity index is 617. The number of aromatic nitrogens is 1. The van der Waals surface area contributed by atoms with Gasteiger partial charge in [-0.15, -0.1) is 0 Å². The summed E-state index contributed by atoms with van der Waals surface area (Å²) in [5, 5.41) is 9.10. The van der Waals surface area contributed by atoms with Gasteiger partial charge >= 0.3 is 0 Å². The summed E-state index contributed by atoms with van der Waals surface area (Å²) in [6.07, 6.45) is 5.24. The molecule has 1 aromatic rings. The molecule has 0 unspecified atom stereocenters. The average Bonchev–Trinajstić information content (AvgIpc) is 2.72. The normalized spacial score (nSPS) is 15.6. The fourth-order valence-corrected chi connectivity index (χ4v) is 2.85. The lowest BCUT2D eigenvalue weighted by Gasteiger charge is -2.27. The maximum absolute atomic E-state index is 12.2. The van der Waals surface area contributed by atoms with E-state index in [0.717, 1.165) is 32.2 Å². The summed E-state index contributed by atoms with van der Waals surface area (Å²) < 4.78 is 1.45. The molecule has 0 atom stereocenters. The van der Waals surface area contributed by atoms with Crippen molar-refractivity contribution in [1.29, 1.82) is 5.26 Å². The predicted octanol–water partition coefficient (Wildman–Crippen LogP) is 1.76. The van der Waals surface area contributed by atoms with Crippen molar-refractivity contribution in [3.63, 3.8) is 0 Å². The molecule has 2 rings (SSSR count). The predicted molar refractivity (Wildman–Crippen MR) is 77.2 cm³/mol. The van der Waals surface area contributed by atoms with Gasteiger partial charge in [0.2, 0.25) is 0 Å². The number of hydrogen-bond donors (Lipinski definition) is 0. The van der Waals surface area contributed by atoms with Crippen LogP contribution in [0.1, 0.15) is 47.2 Å². The second-order valence-electron chi connectivity index (χ2n) is 5.23. The Balaban J connectivity index is 2.66. The first-order chi connectivity index (χ1) is 9.61. The second kappa shape index (κ2) is 5.91. The van der Waals surface area contributed by atoms with Crippen molar-refractivity contribution in [2.75, 3.05) is 18.0 Å². The number of nitrogens with zero attached hydrogens (tertiary/aromatic N) is 3. The second-order valence-corrected chi connectivity index (χ2v) is 5.23. The van der Waals surface area contributed by atoms with Crippen molar-refractivity contribution < 1.29 is 4.79 Å². The van der Waals surface area contributed by atoms with Crippen LogP contribution in [-0.2, 0) is 7.05 Å². The third kappa shape index (κ3) is 2.34. The average molecular weight is 273 g/mol. The SMILES string of the molecule is Cc1c(C=O)c(N2CCCCCC2)n(C)c(=O)c1C#N. The summed E-state index contributed by atoms with van der Waals surface area (Å²) in [4.78, 5) is 25.8. The first-order valence-electron chi connectivity index (χ1n) is 6.95. The molecule has 1 aliphatic heterocycles. The Morgan fingerprint density at radius 1 is 1.20 bits per heavy atom. The van der Waals surface area contributed by atoms with Gasteiger partial charge in [0.1, 0.15) is 17.5 Å². The maximum atomic E-state index is 12.2. The Hall–Kier alpha value is -2.09. The molecule has 1 aromatic heterocycles. The third-order valence-corrected chi connectivity index (χ3v) is 3.99. The van der Waals surface area contributed by atoms with Crippen LogP contribution < -0.4 is 10.5 Å². The van der Waals surface area contributed by atoms with Gasteiger partial charge in [-0.1, -0.05) is 12.8 Å². The Morgan fingerprint density at radius 3 is 2.30 bits per heavy atom. The van der Waals surface area contributed by atoms with Crippen LogP contribution in [0.5, 0.6) is 0 Å². The lowest BCUT2D eigenvalue weighted by atomic mass is 10.1. The van der Waals surface area contributed by atoms with Gasteiger partial charge in [-0.25, -0.2) is 0 Å². The van der Waals surface area contributed by atoms with E-state index >= 15 is 0 Å². The molecule has 1 fully saturated rings. The van der Waals surface area contributed by atoms with Crippen LogP contribution in [0.25, 0.3) is 0 Å². The Labute approximate surface area is 118 Å². The molecule has 0 spiro atoms. The van der Waals surface area contributed by atoms with Gasteiger partial charge in [-0.3, -0.25) is 14.2 Å². The standard InChI is InChI=1S/C15H19N3O2/c1-11-12(9-16)15(20)17(2)14(13(11)10-19)18-7-5-3-4-6-8-18/h10H,3-8H2,1-2H3. The van der Waals surface area contributed by atoms with E-state index in [1.54, 1.807) is 14.0 Å². The highest BCUT2D eigenvalue weighted by Gasteiger charge is 2.22. The number of anilines is 1. The minimum atomic E-state index is -0.324. The molecule has 0 bridgehead atoms. The molecule has 5 heteroatoms. The van der Waals surface area contributed by atoms with Crippen molar-refractivity contribution in [3.8, 4) is 6.07 Å². The number of carbonyl (C=O) groups is 1. The number of carbonyl (C=O) groups excluding carboxylic acids is 1. The van der Waals surface area contributed by atoms with E-state index in [4.69, 9.17) is 5.26 Å². The van der Waals surface area contributed by atoms with E-state index in [0.29, 0.717) is 16.9 Å². The first-order valence-corrected chi connectivity index (χ1v) is 6.95. The van der Waals surface area contributed by atoms with E-state index in [9.17, 15) is 9.59 Å². The molecule has 0 saturated carbocycles. The Kier molecular flexibility index (Phi) is 4.23. The fourth-order valence-electron chi connectivity index (χ4n) is 2.85. The van der Waals surface area contributed by atoms with E-state index in [1.165, 1.54) is 17.4 Å². The van der Waals surface area contributed by atoms with E-state index in [-0.39, 0.29) is 11.1 Å². The zero-order valence-electron chi connectivity index (χ0n) is 12.0. The van der Waals surface area contributed by atoms with Crippen LogP contribution >= 0.6 is 0 Å². The van der Waals surface area contributed by atoms with Gasteiger partial charge in [0, 0.05) is 20.1 Å². The van der Waals surface area contributed by atoms with E-state index in [1.807, 2.05) is 6.07 Å². The first kappa shape index (κ1) is 14.3. The summed E-state index contributed by atoms with van der Waals surface area (Å²) in [7, 11) is 1.63. The molecular formula is C15H19N3O2. The highest BCUT2D eigenvalue weighted by molar-refractivity contribution is 5.86. The molecular weight excluding hydrogens is 254 g/mol. The van der Waals surface area contributed by atoms with Gasteiger partial charge < -0.3 is 4.90 Å². The molecule has 0 aromatic carbocycles. The summed E-state index contributed by atoms with van der Waals surface area (Å²) in [5.74, 6) is 0.656.